The summed E-state index contributed by atoms with van der Waals surface area (Å²) in [6.07, 6.45) is 5.22. The third-order valence-corrected chi connectivity index (χ3v) is 5.61. The van der Waals surface area contributed by atoms with E-state index in [-0.39, 0.29) is 17.9 Å². The molecule has 2 atom stereocenters. The van der Waals surface area contributed by atoms with E-state index in [0.717, 1.165) is 35.7 Å². The molecule has 0 aromatic carbocycles. The highest BCUT2D eigenvalue weighted by atomic mass is 16.5. The summed E-state index contributed by atoms with van der Waals surface area (Å²) >= 11 is 0. The lowest BCUT2D eigenvalue weighted by molar-refractivity contribution is 0.0837. The molecule has 1 aliphatic carbocycles. The topological polar surface area (TPSA) is 71.9 Å². The molecule has 3 heterocycles. The number of rotatable bonds is 5. The number of hydrogen-bond acceptors (Lipinski definition) is 3. The summed E-state index contributed by atoms with van der Waals surface area (Å²) in [5, 5.41) is 7.63. The molecule has 2 aromatic heterocycles. The van der Waals surface area contributed by atoms with Gasteiger partial charge in [0.1, 0.15) is 5.69 Å². The van der Waals surface area contributed by atoms with Gasteiger partial charge in [0.25, 0.3) is 5.91 Å². The second kappa shape index (κ2) is 6.33. The van der Waals surface area contributed by atoms with Crippen LogP contribution in [0.2, 0.25) is 0 Å². The first-order chi connectivity index (χ1) is 12.1. The zero-order chi connectivity index (χ0) is 17.6. The maximum atomic E-state index is 12.6. The van der Waals surface area contributed by atoms with E-state index in [1.54, 1.807) is 0 Å². The van der Waals surface area contributed by atoms with Crippen molar-refractivity contribution in [2.75, 3.05) is 13.2 Å². The van der Waals surface area contributed by atoms with Gasteiger partial charge in [0.05, 0.1) is 11.8 Å². The highest BCUT2D eigenvalue weighted by Gasteiger charge is 2.34. The molecule has 6 heteroatoms. The van der Waals surface area contributed by atoms with Crippen molar-refractivity contribution in [3.63, 3.8) is 0 Å². The number of nitrogens with one attached hydrogen (secondary N) is 2. The van der Waals surface area contributed by atoms with Crippen molar-refractivity contribution in [3.8, 4) is 0 Å². The quantitative estimate of drug-likeness (QED) is 0.877. The number of aryl methyl sites for hydroxylation is 2. The molecule has 0 bridgehead atoms. The Balaban J connectivity index is 1.45. The molecular formula is C19H26N4O2. The van der Waals surface area contributed by atoms with E-state index in [1.807, 2.05) is 30.9 Å². The maximum Gasteiger partial charge on any atom is 0.268 e. The van der Waals surface area contributed by atoms with E-state index in [4.69, 9.17) is 4.74 Å². The standard InChI is InChI=1S/C19H26N4O2/c1-11-16(12(2)23(3)22-11)18-14(7-9-25-18)10-21-19(24)17-15(6-8-20-17)13-4-5-13/h6,8,13-14,18,20H,4-5,7,9-10H2,1-3H3,(H,21,24)/t14-,18+/m1/s1. The van der Waals surface area contributed by atoms with E-state index in [9.17, 15) is 4.79 Å². The lowest BCUT2D eigenvalue weighted by Crippen LogP contribution is -2.31. The van der Waals surface area contributed by atoms with Gasteiger partial charge in [-0.2, -0.15) is 5.10 Å². The van der Waals surface area contributed by atoms with Gasteiger partial charge in [-0.15, -0.1) is 0 Å². The van der Waals surface area contributed by atoms with Gasteiger partial charge in [0.15, 0.2) is 0 Å². The zero-order valence-electron chi connectivity index (χ0n) is 15.1. The first kappa shape index (κ1) is 16.4. The van der Waals surface area contributed by atoms with Crippen molar-refractivity contribution in [2.24, 2.45) is 13.0 Å². The Hall–Kier alpha value is -2.08. The highest BCUT2D eigenvalue weighted by Crippen LogP contribution is 2.41. The van der Waals surface area contributed by atoms with Crippen LogP contribution < -0.4 is 5.32 Å². The fraction of sp³-hybridized carbons (Fsp3) is 0.579. The van der Waals surface area contributed by atoms with Crippen LogP contribution in [0.15, 0.2) is 12.3 Å². The minimum absolute atomic E-state index is 0.00261. The van der Waals surface area contributed by atoms with Crippen molar-refractivity contribution < 1.29 is 9.53 Å². The molecule has 0 spiro atoms. The minimum atomic E-state index is -0.00261. The van der Waals surface area contributed by atoms with Crippen LogP contribution in [0.5, 0.6) is 0 Å². The van der Waals surface area contributed by atoms with Gasteiger partial charge in [0.2, 0.25) is 0 Å². The minimum Gasteiger partial charge on any atom is -0.373 e. The van der Waals surface area contributed by atoms with E-state index >= 15 is 0 Å². The molecule has 25 heavy (non-hydrogen) atoms. The first-order valence-electron chi connectivity index (χ1n) is 9.13. The van der Waals surface area contributed by atoms with Crippen molar-refractivity contribution in [1.29, 1.82) is 0 Å². The molecule has 1 saturated carbocycles. The van der Waals surface area contributed by atoms with Gasteiger partial charge in [-0.05, 0) is 50.7 Å². The smallest absolute Gasteiger partial charge is 0.268 e. The zero-order valence-corrected chi connectivity index (χ0v) is 15.1. The Morgan fingerprint density at radius 3 is 2.88 bits per heavy atom. The average molecular weight is 342 g/mol. The molecule has 1 saturated heterocycles. The number of amides is 1. The molecule has 0 unspecified atom stereocenters. The number of carbonyl (C=O) groups excluding carboxylic acids is 1. The van der Waals surface area contributed by atoms with Crippen LogP contribution in [-0.2, 0) is 11.8 Å². The normalized spacial score (nSPS) is 23.2. The molecule has 2 aromatic rings. The summed E-state index contributed by atoms with van der Waals surface area (Å²) in [4.78, 5) is 15.7. The molecule has 0 radical (unpaired) electrons. The number of aromatic amines is 1. The molecule has 1 amide bonds. The summed E-state index contributed by atoms with van der Waals surface area (Å²) in [6, 6.07) is 2.04. The van der Waals surface area contributed by atoms with Gasteiger partial charge in [-0.1, -0.05) is 0 Å². The molecule has 4 rings (SSSR count). The molecule has 2 aliphatic rings. The second-order valence-corrected chi connectivity index (χ2v) is 7.34. The number of ether oxygens (including phenoxy) is 1. The van der Waals surface area contributed by atoms with Gasteiger partial charge >= 0.3 is 0 Å². The number of H-pyrrole nitrogens is 1. The van der Waals surface area contributed by atoms with Crippen molar-refractivity contribution in [3.05, 3.63) is 40.5 Å². The molecule has 2 N–H and O–H groups in total. The number of aromatic nitrogens is 3. The third-order valence-electron chi connectivity index (χ3n) is 5.61. The van der Waals surface area contributed by atoms with Crippen molar-refractivity contribution in [2.45, 2.75) is 45.1 Å². The number of nitrogens with zero attached hydrogens (tertiary/aromatic N) is 2. The van der Waals surface area contributed by atoms with Crippen LogP contribution in [0.3, 0.4) is 0 Å². The Kier molecular flexibility index (Phi) is 4.15. The van der Waals surface area contributed by atoms with Gasteiger partial charge in [-0.25, -0.2) is 0 Å². The molecular weight excluding hydrogens is 316 g/mol. The monoisotopic (exact) mass is 342 g/mol. The molecule has 1 aliphatic heterocycles. The molecule has 6 nitrogen and oxygen atoms in total. The third kappa shape index (κ3) is 2.99. The summed E-state index contributed by atoms with van der Waals surface area (Å²) in [7, 11) is 1.96. The van der Waals surface area contributed by atoms with Gasteiger partial charge in [0, 0.05) is 43.6 Å². The predicted octanol–water partition coefficient (Wildman–Crippen LogP) is 2.75. The largest absolute Gasteiger partial charge is 0.373 e. The summed E-state index contributed by atoms with van der Waals surface area (Å²) < 4.78 is 7.91. The Morgan fingerprint density at radius 1 is 1.40 bits per heavy atom. The van der Waals surface area contributed by atoms with Crippen molar-refractivity contribution in [1.82, 2.24) is 20.1 Å². The highest BCUT2D eigenvalue weighted by molar-refractivity contribution is 5.94. The van der Waals surface area contributed by atoms with E-state index in [0.29, 0.717) is 12.5 Å². The fourth-order valence-corrected chi connectivity index (χ4v) is 3.99. The summed E-state index contributed by atoms with van der Waals surface area (Å²) in [6.45, 7) is 5.46. The van der Waals surface area contributed by atoms with Crippen LogP contribution in [0, 0.1) is 19.8 Å². The second-order valence-electron chi connectivity index (χ2n) is 7.34. The Bertz CT molecular complexity index is 787. The lowest BCUT2D eigenvalue weighted by atomic mass is 9.94. The lowest BCUT2D eigenvalue weighted by Gasteiger charge is -2.20. The summed E-state index contributed by atoms with van der Waals surface area (Å²) in [5.41, 5.74) is 5.23. The molecule has 2 fully saturated rings. The Morgan fingerprint density at radius 2 is 2.20 bits per heavy atom. The summed E-state index contributed by atoms with van der Waals surface area (Å²) in [5.74, 6) is 0.845. The van der Waals surface area contributed by atoms with E-state index in [2.05, 4.69) is 22.3 Å². The van der Waals surface area contributed by atoms with Crippen LogP contribution in [0.4, 0.5) is 0 Å². The van der Waals surface area contributed by atoms with Crippen molar-refractivity contribution >= 4 is 5.91 Å². The van der Waals surface area contributed by atoms with E-state index < -0.39 is 0 Å². The first-order valence-corrected chi connectivity index (χ1v) is 9.13. The van der Waals surface area contributed by atoms with Crippen LogP contribution in [-0.4, -0.2) is 33.8 Å². The maximum absolute atomic E-state index is 12.6. The fourth-order valence-electron chi connectivity index (χ4n) is 3.99. The van der Waals surface area contributed by atoms with E-state index in [1.165, 1.54) is 18.4 Å². The average Bonchev–Trinajstić information content (AvgIpc) is 3.03. The SMILES string of the molecule is Cc1nn(C)c(C)c1[C@H]1OCC[C@@H]1CNC(=O)c1[nH]ccc1C1CC1. The molecule has 134 valence electrons. The van der Waals surface area contributed by atoms with Gasteiger partial charge < -0.3 is 15.0 Å². The Labute approximate surface area is 147 Å². The van der Waals surface area contributed by atoms with Crippen LogP contribution in [0.1, 0.15) is 64.3 Å². The predicted molar refractivity (Wildman–Crippen MR) is 94.6 cm³/mol. The van der Waals surface area contributed by atoms with Gasteiger partial charge in [-0.3, -0.25) is 9.48 Å². The number of hydrogen-bond donors (Lipinski definition) is 2. The number of carbonyl (C=O) groups is 1. The van der Waals surface area contributed by atoms with Crippen LogP contribution in [0.25, 0.3) is 0 Å². The van der Waals surface area contributed by atoms with Crippen LogP contribution >= 0.6 is 0 Å².